The van der Waals surface area contributed by atoms with Gasteiger partial charge in [0, 0.05) is 16.8 Å². The standard InChI is InChI=1S/C17H17N/c1-4-7-15-17(2,3)16-13-9-6-5-8-12(13)10-11-14(16)18-15/h4-11,18H,1H2,2-3H3/b15-7+. The van der Waals surface area contributed by atoms with Crippen LogP contribution in [0.15, 0.2) is 60.8 Å². The molecule has 1 nitrogen and oxygen atoms in total. The molecule has 2 aromatic rings. The van der Waals surface area contributed by atoms with Gasteiger partial charge in [-0.3, -0.25) is 0 Å². The Kier molecular flexibility index (Phi) is 2.30. The lowest BCUT2D eigenvalue weighted by atomic mass is 9.81. The minimum Gasteiger partial charge on any atom is -0.358 e. The summed E-state index contributed by atoms with van der Waals surface area (Å²) in [5, 5.41) is 6.14. The van der Waals surface area contributed by atoms with Crippen molar-refractivity contribution in [1.29, 1.82) is 0 Å². The van der Waals surface area contributed by atoms with Crippen molar-refractivity contribution in [1.82, 2.24) is 0 Å². The van der Waals surface area contributed by atoms with Gasteiger partial charge in [-0.1, -0.05) is 56.8 Å². The van der Waals surface area contributed by atoms with Crippen molar-refractivity contribution < 1.29 is 0 Å². The van der Waals surface area contributed by atoms with E-state index in [2.05, 4.69) is 68.2 Å². The summed E-state index contributed by atoms with van der Waals surface area (Å²) in [6.07, 6.45) is 3.91. The molecule has 1 heteroatoms. The first-order chi connectivity index (χ1) is 8.64. The number of rotatable bonds is 1. The van der Waals surface area contributed by atoms with Crippen LogP contribution in [0.5, 0.6) is 0 Å². The Hall–Kier alpha value is -2.02. The highest BCUT2D eigenvalue weighted by Crippen LogP contribution is 2.46. The average Bonchev–Trinajstić information content (AvgIpc) is 2.62. The topological polar surface area (TPSA) is 12.0 Å². The van der Waals surface area contributed by atoms with Crippen molar-refractivity contribution in [3.05, 3.63) is 66.4 Å². The third-order valence-electron chi connectivity index (χ3n) is 3.78. The Morgan fingerprint density at radius 1 is 1.11 bits per heavy atom. The highest BCUT2D eigenvalue weighted by molar-refractivity contribution is 5.94. The first-order valence-corrected chi connectivity index (χ1v) is 6.27. The molecular weight excluding hydrogens is 218 g/mol. The molecule has 0 aliphatic carbocycles. The minimum absolute atomic E-state index is 0.00435. The number of allylic oxidation sites excluding steroid dienone is 3. The minimum atomic E-state index is 0.00435. The zero-order valence-corrected chi connectivity index (χ0v) is 10.8. The molecule has 0 aromatic heterocycles. The molecule has 1 heterocycles. The van der Waals surface area contributed by atoms with Crippen LogP contribution < -0.4 is 5.32 Å². The van der Waals surface area contributed by atoms with Gasteiger partial charge in [0.15, 0.2) is 0 Å². The van der Waals surface area contributed by atoms with Crippen LogP contribution in [0.1, 0.15) is 19.4 Å². The Bertz CT molecular complexity index is 662. The van der Waals surface area contributed by atoms with E-state index in [0.717, 1.165) is 0 Å². The van der Waals surface area contributed by atoms with Crippen molar-refractivity contribution >= 4 is 16.5 Å². The molecule has 0 unspecified atom stereocenters. The van der Waals surface area contributed by atoms with Crippen LogP contribution in [0, 0.1) is 0 Å². The van der Waals surface area contributed by atoms with Gasteiger partial charge in [-0.25, -0.2) is 0 Å². The summed E-state index contributed by atoms with van der Waals surface area (Å²) in [5.41, 5.74) is 3.81. The second-order valence-corrected chi connectivity index (χ2v) is 5.28. The van der Waals surface area contributed by atoms with E-state index in [1.807, 2.05) is 6.08 Å². The van der Waals surface area contributed by atoms with Crippen LogP contribution in [0.3, 0.4) is 0 Å². The van der Waals surface area contributed by atoms with Crippen LogP contribution >= 0.6 is 0 Å². The molecule has 0 amide bonds. The third kappa shape index (κ3) is 1.40. The van der Waals surface area contributed by atoms with Crippen molar-refractivity contribution in [2.24, 2.45) is 0 Å². The summed E-state index contributed by atoms with van der Waals surface area (Å²) in [7, 11) is 0. The van der Waals surface area contributed by atoms with Gasteiger partial charge in [0.2, 0.25) is 0 Å². The fourth-order valence-corrected chi connectivity index (χ4v) is 2.85. The molecule has 90 valence electrons. The average molecular weight is 235 g/mol. The van der Waals surface area contributed by atoms with Crippen LogP contribution in [0.25, 0.3) is 10.8 Å². The molecular formula is C17H17N. The van der Waals surface area contributed by atoms with Gasteiger partial charge in [0.1, 0.15) is 0 Å². The smallest absolute Gasteiger partial charge is 0.0430 e. The first-order valence-electron chi connectivity index (χ1n) is 6.27. The van der Waals surface area contributed by atoms with Gasteiger partial charge in [-0.05, 0) is 28.5 Å². The molecule has 1 N–H and O–H groups in total. The van der Waals surface area contributed by atoms with E-state index in [9.17, 15) is 0 Å². The Labute approximate surface area is 108 Å². The Morgan fingerprint density at radius 2 is 1.89 bits per heavy atom. The quantitative estimate of drug-likeness (QED) is 0.761. The normalized spacial score (nSPS) is 18.7. The van der Waals surface area contributed by atoms with E-state index in [0.29, 0.717) is 0 Å². The molecule has 1 aliphatic heterocycles. The van der Waals surface area contributed by atoms with E-state index in [1.165, 1.54) is 27.7 Å². The molecule has 1 aliphatic rings. The summed E-state index contributed by atoms with van der Waals surface area (Å²) >= 11 is 0. The molecule has 18 heavy (non-hydrogen) atoms. The van der Waals surface area contributed by atoms with Gasteiger partial charge in [0.05, 0.1) is 0 Å². The van der Waals surface area contributed by atoms with E-state index >= 15 is 0 Å². The number of hydrogen-bond donors (Lipinski definition) is 1. The second kappa shape index (κ2) is 3.74. The number of nitrogens with one attached hydrogen (secondary N) is 1. The van der Waals surface area contributed by atoms with Crippen molar-refractivity contribution in [2.75, 3.05) is 5.32 Å². The summed E-state index contributed by atoms with van der Waals surface area (Å²) < 4.78 is 0. The predicted molar refractivity (Wildman–Crippen MR) is 78.9 cm³/mol. The molecule has 2 aromatic carbocycles. The molecule has 0 radical (unpaired) electrons. The van der Waals surface area contributed by atoms with Crippen molar-refractivity contribution in [2.45, 2.75) is 19.3 Å². The van der Waals surface area contributed by atoms with Crippen LogP contribution in [-0.4, -0.2) is 0 Å². The molecule has 3 rings (SSSR count). The fourth-order valence-electron chi connectivity index (χ4n) is 2.85. The lowest BCUT2D eigenvalue weighted by Gasteiger charge is -2.21. The summed E-state index contributed by atoms with van der Waals surface area (Å²) in [6, 6.07) is 12.9. The monoisotopic (exact) mass is 235 g/mol. The van der Waals surface area contributed by atoms with E-state index in [-0.39, 0.29) is 5.41 Å². The lowest BCUT2D eigenvalue weighted by Crippen LogP contribution is -2.17. The maximum atomic E-state index is 3.80. The van der Waals surface area contributed by atoms with Crippen LogP contribution in [0.4, 0.5) is 5.69 Å². The highest BCUT2D eigenvalue weighted by atomic mass is 15.0. The number of anilines is 1. The molecule has 0 saturated carbocycles. The molecule has 0 spiro atoms. The zero-order valence-electron chi connectivity index (χ0n) is 10.8. The number of hydrogen-bond acceptors (Lipinski definition) is 1. The maximum absolute atomic E-state index is 3.80. The van der Waals surface area contributed by atoms with Gasteiger partial charge in [-0.15, -0.1) is 0 Å². The Morgan fingerprint density at radius 3 is 2.67 bits per heavy atom. The molecule has 0 saturated heterocycles. The molecule has 0 atom stereocenters. The summed E-state index contributed by atoms with van der Waals surface area (Å²) in [5.74, 6) is 0. The zero-order chi connectivity index (χ0) is 12.8. The molecule has 0 fully saturated rings. The van der Waals surface area contributed by atoms with E-state index in [4.69, 9.17) is 0 Å². The van der Waals surface area contributed by atoms with Gasteiger partial charge in [0.25, 0.3) is 0 Å². The molecule has 0 bridgehead atoms. The number of fused-ring (bicyclic) bond motifs is 3. The van der Waals surface area contributed by atoms with Gasteiger partial charge in [-0.2, -0.15) is 0 Å². The van der Waals surface area contributed by atoms with Gasteiger partial charge >= 0.3 is 0 Å². The van der Waals surface area contributed by atoms with Crippen molar-refractivity contribution in [3.8, 4) is 0 Å². The van der Waals surface area contributed by atoms with E-state index < -0.39 is 0 Å². The highest BCUT2D eigenvalue weighted by Gasteiger charge is 2.35. The first kappa shape index (κ1) is 11.1. The predicted octanol–water partition coefficient (Wildman–Crippen LogP) is 4.61. The van der Waals surface area contributed by atoms with Gasteiger partial charge < -0.3 is 5.32 Å². The second-order valence-electron chi connectivity index (χ2n) is 5.28. The van der Waals surface area contributed by atoms with Crippen LogP contribution in [-0.2, 0) is 5.41 Å². The maximum Gasteiger partial charge on any atom is 0.0430 e. The summed E-state index contributed by atoms with van der Waals surface area (Å²) in [6.45, 7) is 8.31. The third-order valence-corrected chi connectivity index (χ3v) is 3.78. The van der Waals surface area contributed by atoms with Crippen molar-refractivity contribution in [3.63, 3.8) is 0 Å². The summed E-state index contributed by atoms with van der Waals surface area (Å²) in [4.78, 5) is 0. The lowest BCUT2D eigenvalue weighted by molar-refractivity contribution is 0.659. The fraction of sp³-hybridized carbons (Fsp3) is 0.176. The number of benzene rings is 2. The largest absolute Gasteiger partial charge is 0.358 e. The SMILES string of the molecule is C=C/C=C1/Nc2ccc3ccccc3c2C1(C)C. The van der Waals surface area contributed by atoms with Crippen LogP contribution in [0.2, 0.25) is 0 Å². The Balaban J connectivity index is 2.35. The van der Waals surface area contributed by atoms with E-state index in [1.54, 1.807) is 0 Å².